The summed E-state index contributed by atoms with van der Waals surface area (Å²) in [6, 6.07) is 11.9. The summed E-state index contributed by atoms with van der Waals surface area (Å²) in [6.07, 6.45) is 1.64. The van der Waals surface area contributed by atoms with Crippen molar-refractivity contribution in [2.45, 2.75) is 27.4 Å². The minimum absolute atomic E-state index is 0.409. The van der Waals surface area contributed by atoms with E-state index in [-0.39, 0.29) is 0 Å². The van der Waals surface area contributed by atoms with Gasteiger partial charge in [0.25, 0.3) is 0 Å². The molecule has 1 N–H and O–H groups in total. The zero-order valence-electron chi connectivity index (χ0n) is 18.2. The van der Waals surface area contributed by atoms with Crippen molar-refractivity contribution in [3.05, 3.63) is 69.2 Å². The number of carbonyl (C=O) groups excluding carboxylic acids is 1. The van der Waals surface area contributed by atoms with Gasteiger partial charge in [0, 0.05) is 0 Å². The Bertz CT molecular complexity index is 1090. The van der Waals surface area contributed by atoms with Gasteiger partial charge in [-0.3, -0.25) is 5.43 Å². The van der Waals surface area contributed by atoms with Gasteiger partial charge in [-0.2, -0.15) is 5.10 Å². The van der Waals surface area contributed by atoms with Gasteiger partial charge in [0.1, 0.15) is 11.5 Å². The summed E-state index contributed by atoms with van der Waals surface area (Å²) in [5.41, 5.74) is 7.79. The molecular formula is C23H25N3O4S. The molecule has 0 unspecified atom stereocenters. The summed E-state index contributed by atoms with van der Waals surface area (Å²) in [4.78, 5) is 16.4. The van der Waals surface area contributed by atoms with Gasteiger partial charge in [0.2, 0.25) is 5.13 Å². The highest BCUT2D eigenvalue weighted by molar-refractivity contribution is 7.17. The van der Waals surface area contributed by atoms with Crippen molar-refractivity contribution in [3.63, 3.8) is 0 Å². The van der Waals surface area contributed by atoms with Gasteiger partial charge in [0.05, 0.1) is 26.1 Å². The zero-order chi connectivity index (χ0) is 22.4. The Morgan fingerprint density at radius 1 is 1.10 bits per heavy atom. The van der Waals surface area contributed by atoms with Gasteiger partial charge < -0.3 is 14.2 Å². The first-order chi connectivity index (χ1) is 14.9. The van der Waals surface area contributed by atoms with Crippen LogP contribution in [0.1, 0.15) is 37.6 Å². The molecule has 1 heterocycles. The van der Waals surface area contributed by atoms with Crippen LogP contribution in [0.2, 0.25) is 0 Å². The van der Waals surface area contributed by atoms with E-state index in [2.05, 4.69) is 47.6 Å². The predicted octanol–water partition coefficient (Wildman–Crippen LogP) is 4.89. The Labute approximate surface area is 185 Å². The van der Waals surface area contributed by atoms with Crippen molar-refractivity contribution in [3.8, 4) is 11.5 Å². The van der Waals surface area contributed by atoms with E-state index in [0.29, 0.717) is 33.8 Å². The van der Waals surface area contributed by atoms with E-state index in [1.165, 1.54) is 29.6 Å². The average Bonchev–Trinajstić information content (AvgIpc) is 3.11. The number of hydrazone groups is 1. The van der Waals surface area contributed by atoms with Crippen LogP contribution in [0.3, 0.4) is 0 Å². The standard InChI is InChI=1S/C23H25N3O4S/c1-14-8-15(2)10-18(9-14)13-30-19-7-6-17(11-20(19)28-4)12-24-26-23-25-16(3)21(31-23)22(27)29-5/h6-12H,13H2,1-5H3,(H,25,26). The van der Waals surface area contributed by atoms with Gasteiger partial charge in [-0.1, -0.05) is 40.7 Å². The summed E-state index contributed by atoms with van der Waals surface area (Å²) in [6.45, 7) is 6.35. The number of aryl methyl sites for hydroxylation is 3. The number of ether oxygens (including phenoxy) is 3. The third-order valence-electron chi connectivity index (χ3n) is 4.40. The van der Waals surface area contributed by atoms with E-state index in [1.54, 1.807) is 20.2 Å². The van der Waals surface area contributed by atoms with Crippen LogP contribution in [0, 0.1) is 20.8 Å². The van der Waals surface area contributed by atoms with Crippen molar-refractivity contribution in [2.75, 3.05) is 19.6 Å². The lowest BCUT2D eigenvalue weighted by molar-refractivity contribution is 0.0605. The van der Waals surface area contributed by atoms with E-state index in [0.717, 1.165) is 11.1 Å². The van der Waals surface area contributed by atoms with Crippen LogP contribution in [-0.2, 0) is 11.3 Å². The molecule has 7 nitrogen and oxygen atoms in total. The summed E-state index contributed by atoms with van der Waals surface area (Å²) in [5, 5.41) is 4.70. The minimum Gasteiger partial charge on any atom is -0.493 e. The second-order valence-corrected chi connectivity index (χ2v) is 7.99. The number of nitrogens with one attached hydrogen (secondary N) is 1. The van der Waals surface area contributed by atoms with Gasteiger partial charge >= 0.3 is 5.97 Å². The van der Waals surface area contributed by atoms with Crippen LogP contribution in [0.15, 0.2) is 41.5 Å². The fourth-order valence-electron chi connectivity index (χ4n) is 3.09. The predicted molar refractivity (Wildman–Crippen MR) is 123 cm³/mol. The first-order valence-corrected chi connectivity index (χ1v) is 10.4. The molecule has 162 valence electrons. The smallest absolute Gasteiger partial charge is 0.350 e. The number of esters is 1. The molecule has 0 saturated carbocycles. The monoisotopic (exact) mass is 439 g/mol. The van der Waals surface area contributed by atoms with Crippen LogP contribution >= 0.6 is 11.3 Å². The molecule has 0 atom stereocenters. The second-order valence-electron chi connectivity index (χ2n) is 6.99. The van der Waals surface area contributed by atoms with Crippen LogP contribution in [-0.4, -0.2) is 31.4 Å². The van der Waals surface area contributed by atoms with Gasteiger partial charge in [-0.25, -0.2) is 9.78 Å². The summed E-state index contributed by atoms with van der Waals surface area (Å²) in [7, 11) is 2.94. The summed E-state index contributed by atoms with van der Waals surface area (Å²) < 4.78 is 16.2. The maximum absolute atomic E-state index is 11.7. The SMILES string of the molecule is COC(=O)c1sc(NN=Cc2ccc(OCc3cc(C)cc(C)c3)c(OC)c2)nc1C. The molecule has 0 bridgehead atoms. The van der Waals surface area contributed by atoms with Crippen molar-refractivity contribution in [2.24, 2.45) is 5.10 Å². The first kappa shape index (κ1) is 22.3. The fourth-order valence-corrected chi connectivity index (χ4v) is 3.92. The average molecular weight is 440 g/mol. The van der Waals surface area contributed by atoms with Crippen LogP contribution in [0.5, 0.6) is 11.5 Å². The Morgan fingerprint density at radius 2 is 1.84 bits per heavy atom. The highest BCUT2D eigenvalue weighted by Crippen LogP contribution is 2.29. The molecule has 0 aliphatic rings. The molecule has 3 aromatic rings. The lowest BCUT2D eigenvalue weighted by Crippen LogP contribution is -1.99. The lowest BCUT2D eigenvalue weighted by Gasteiger charge is -2.12. The van der Waals surface area contributed by atoms with Crippen molar-refractivity contribution in [1.29, 1.82) is 0 Å². The third kappa shape index (κ3) is 5.82. The van der Waals surface area contributed by atoms with Gasteiger partial charge in [-0.05, 0) is 50.1 Å². The van der Waals surface area contributed by atoms with Gasteiger partial charge in [0.15, 0.2) is 11.5 Å². The largest absolute Gasteiger partial charge is 0.493 e. The number of thiazole rings is 1. The van der Waals surface area contributed by atoms with E-state index in [9.17, 15) is 4.79 Å². The molecule has 31 heavy (non-hydrogen) atoms. The molecule has 0 radical (unpaired) electrons. The zero-order valence-corrected chi connectivity index (χ0v) is 19.0. The second kappa shape index (κ2) is 10.1. The molecule has 0 aliphatic heterocycles. The maximum atomic E-state index is 11.7. The highest BCUT2D eigenvalue weighted by atomic mass is 32.1. The van der Waals surface area contributed by atoms with E-state index in [4.69, 9.17) is 14.2 Å². The van der Waals surface area contributed by atoms with E-state index < -0.39 is 5.97 Å². The first-order valence-electron chi connectivity index (χ1n) is 9.62. The summed E-state index contributed by atoms with van der Waals surface area (Å²) >= 11 is 1.19. The number of hydrogen-bond donors (Lipinski definition) is 1. The molecule has 2 aromatic carbocycles. The number of hydrogen-bond acceptors (Lipinski definition) is 8. The Kier molecular flexibility index (Phi) is 7.25. The van der Waals surface area contributed by atoms with Crippen LogP contribution < -0.4 is 14.9 Å². The molecule has 8 heteroatoms. The number of methoxy groups -OCH3 is 2. The van der Waals surface area contributed by atoms with Crippen molar-refractivity contribution < 1.29 is 19.0 Å². The Hall–Kier alpha value is -3.39. The topological polar surface area (TPSA) is 82.0 Å². The molecule has 1 aromatic heterocycles. The third-order valence-corrected chi connectivity index (χ3v) is 5.45. The molecule has 0 aliphatic carbocycles. The molecular weight excluding hydrogens is 414 g/mol. The number of anilines is 1. The molecule has 0 fully saturated rings. The normalized spacial score (nSPS) is 10.9. The number of carbonyl (C=O) groups is 1. The maximum Gasteiger partial charge on any atom is 0.350 e. The lowest BCUT2D eigenvalue weighted by atomic mass is 10.1. The quantitative estimate of drug-likeness (QED) is 0.306. The number of aromatic nitrogens is 1. The number of rotatable bonds is 8. The molecule has 3 rings (SSSR count). The van der Waals surface area contributed by atoms with Crippen LogP contribution in [0.25, 0.3) is 0 Å². The van der Waals surface area contributed by atoms with Crippen molar-refractivity contribution in [1.82, 2.24) is 4.98 Å². The van der Waals surface area contributed by atoms with Crippen LogP contribution in [0.4, 0.5) is 5.13 Å². The van der Waals surface area contributed by atoms with E-state index >= 15 is 0 Å². The Morgan fingerprint density at radius 3 is 2.52 bits per heavy atom. The number of nitrogens with zero attached hydrogens (tertiary/aromatic N) is 2. The molecule has 0 saturated heterocycles. The fraction of sp³-hybridized carbons (Fsp3) is 0.261. The minimum atomic E-state index is -0.409. The van der Waals surface area contributed by atoms with Crippen molar-refractivity contribution >= 4 is 28.7 Å². The summed E-state index contributed by atoms with van der Waals surface area (Å²) in [5.74, 6) is 0.865. The number of benzene rings is 2. The highest BCUT2D eigenvalue weighted by Gasteiger charge is 2.15. The Balaban J connectivity index is 1.66. The molecule has 0 amide bonds. The van der Waals surface area contributed by atoms with Gasteiger partial charge in [-0.15, -0.1) is 0 Å². The van der Waals surface area contributed by atoms with E-state index in [1.807, 2.05) is 18.2 Å². The molecule has 0 spiro atoms.